The number of rotatable bonds is 2. The van der Waals surface area contributed by atoms with E-state index in [9.17, 15) is 5.11 Å². The van der Waals surface area contributed by atoms with Crippen molar-refractivity contribution >= 4 is 0 Å². The first-order valence-corrected chi connectivity index (χ1v) is 3.53. The Morgan fingerprint density at radius 1 is 1.90 bits per heavy atom. The van der Waals surface area contributed by atoms with Crippen molar-refractivity contribution in [2.75, 3.05) is 0 Å². The standard InChI is InChI=1S/C9H13O/c1-3-5-8-6-4-7-9(8,2)10/h3-4,6,10H,1,5,7H2,2H3. The smallest absolute Gasteiger partial charge is 0.0837 e. The highest BCUT2D eigenvalue weighted by molar-refractivity contribution is 5.28. The van der Waals surface area contributed by atoms with Crippen molar-refractivity contribution < 1.29 is 5.11 Å². The first kappa shape index (κ1) is 7.55. The first-order chi connectivity index (χ1) is 4.67. The molecular formula is C9H13O. The Morgan fingerprint density at radius 3 is 3.00 bits per heavy atom. The fourth-order valence-electron chi connectivity index (χ4n) is 1.18. The maximum absolute atomic E-state index is 9.64. The quantitative estimate of drug-likeness (QED) is 0.576. The Hall–Kier alpha value is -0.560. The molecule has 0 aliphatic heterocycles. The van der Waals surface area contributed by atoms with Crippen LogP contribution in [0.2, 0.25) is 0 Å². The SMILES string of the molecule is C=CCC1=C[CH]CC1(C)O. The molecule has 0 bridgehead atoms. The summed E-state index contributed by atoms with van der Waals surface area (Å²) >= 11 is 0. The zero-order chi connectivity index (χ0) is 7.61. The van der Waals surface area contributed by atoms with E-state index in [4.69, 9.17) is 0 Å². The minimum Gasteiger partial charge on any atom is -0.386 e. The van der Waals surface area contributed by atoms with E-state index in [0.717, 1.165) is 18.4 Å². The van der Waals surface area contributed by atoms with Gasteiger partial charge in [-0.25, -0.2) is 0 Å². The van der Waals surface area contributed by atoms with Crippen LogP contribution in [0.15, 0.2) is 24.3 Å². The van der Waals surface area contributed by atoms with E-state index in [1.165, 1.54) is 0 Å². The third-order valence-electron chi connectivity index (χ3n) is 1.89. The summed E-state index contributed by atoms with van der Waals surface area (Å²) in [7, 11) is 0. The Kier molecular flexibility index (Phi) is 1.95. The Morgan fingerprint density at radius 2 is 2.60 bits per heavy atom. The molecule has 0 aromatic heterocycles. The molecule has 1 rings (SSSR count). The van der Waals surface area contributed by atoms with E-state index >= 15 is 0 Å². The second-order valence-corrected chi connectivity index (χ2v) is 2.90. The summed E-state index contributed by atoms with van der Waals surface area (Å²) in [5.41, 5.74) is 0.469. The van der Waals surface area contributed by atoms with E-state index in [0.29, 0.717) is 0 Å². The molecule has 1 radical (unpaired) electrons. The van der Waals surface area contributed by atoms with Gasteiger partial charge in [0, 0.05) is 0 Å². The first-order valence-electron chi connectivity index (χ1n) is 3.53. The van der Waals surface area contributed by atoms with E-state index in [1.807, 2.05) is 25.5 Å². The summed E-state index contributed by atoms with van der Waals surface area (Å²) < 4.78 is 0. The molecule has 0 saturated carbocycles. The molecular weight excluding hydrogens is 124 g/mol. The molecule has 1 aliphatic carbocycles. The van der Waals surface area contributed by atoms with Crippen molar-refractivity contribution in [3.05, 3.63) is 30.7 Å². The van der Waals surface area contributed by atoms with Crippen molar-refractivity contribution in [3.63, 3.8) is 0 Å². The average molecular weight is 137 g/mol. The topological polar surface area (TPSA) is 20.2 Å². The number of allylic oxidation sites excluding steroid dienone is 2. The van der Waals surface area contributed by atoms with Crippen molar-refractivity contribution in [2.24, 2.45) is 0 Å². The maximum atomic E-state index is 9.64. The molecule has 1 nitrogen and oxygen atoms in total. The predicted molar refractivity (Wildman–Crippen MR) is 42.4 cm³/mol. The number of aliphatic hydroxyl groups is 1. The van der Waals surface area contributed by atoms with Crippen molar-refractivity contribution in [1.29, 1.82) is 0 Å². The third kappa shape index (κ3) is 1.29. The summed E-state index contributed by atoms with van der Waals surface area (Å²) in [5, 5.41) is 9.64. The summed E-state index contributed by atoms with van der Waals surface area (Å²) in [6.07, 6.45) is 7.35. The number of hydrogen-bond donors (Lipinski definition) is 1. The van der Waals surface area contributed by atoms with Crippen LogP contribution in [0.1, 0.15) is 19.8 Å². The monoisotopic (exact) mass is 137 g/mol. The van der Waals surface area contributed by atoms with Gasteiger partial charge in [-0.2, -0.15) is 0 Å². The lowest BCUT2D eigenvalue weighted by molar-refractivity contribution is 0.104. The Labute approximate surface area is 62.1 Å². The fourth-order valence-corrected chi connectivity index (χ4v) is 1.18. The normalized spacial score (nSPS) is 32.0. The van der Waals surface area contributed by atoms with Gasteiger partial charge >= 0.3 is 0 Å². The second kappa shape index (κ2) is 2.59. The molecule has 55 valence electrons. The molecule has 0 heterocycles. The molecule has 1 heteroatoms. The van der Waals surface area contributed by atoms with Gasteiger partial charge in [-0.3, -0.25) is 0 Å². The van der Waals surface area contributed by atoms with Crippen LogP contribution in [0.25, 0.3) is 0 Å². The van der Waals surface area contributed by atoms with E-state index in [1.54, 1.807) is 0 Å². The van der Waals surface area contributed by atoms with Crippen molar-refractivity contribution in [2.45, 2.75) is 25.4 Å². The minimum atomic E-state index is -0.603. The zero-order valence-corrected chi connectivity index (χ0v) is 6.30. The van der Waals surface area contributed by atoms with E-state index < -0.39 is 5.60 Å². The summed E-state index contributed by atoms with van der Waals surface area (Å²) in [5.74, 6) is 0. The maximum Gasteiger partial charge on any atom is 0.0837 e. The fraction of sp³-hybridized carbons (Fsp3) is 0.444. The molecule has 0 fully saturated rings. The number of hydrogen-bond acceptors (Lipinski definition) is 1. The van der Waals surface area contributed by atoms with Crippen LogP contribution in [0.4, 0.5) is 0 Å². The van der Waals surface area contributed by atoms with Crippen molar-refractivity contribution in [1.82, 2.24) is 0 Å². The highest BCUT2D eigenvalue weighted by atomic mass is 16.3. The average Bonchev–Trinajstić information content (AvgIpc) is 2.13. The van der Waals surface area contributed by atoms with Crippen molar-refractivity contribution in [3.8, 4) is 0 Å². The van der Waals surface area contributed by atoms with E-state index in [2.05, 4.69) is 6.58 Å². The molecule has 0 aromatic carbocycles. The second-order valence-electron chi connectivity index (χ2n) is 2.90. The largest absolute Gasteiger partial charge is 0.386 e. The molecule has 0 aromatic rings. The molecule has 1 unspecified atom stereocenters. The van der Waals surface area contributed by atoms with Crippen LogP contribution < -0.4 is 0 Å². The lowest BCUT2D eigenvalue weighted by Gasteiger charge is -2.19. The molecule has 0 amide bonds. The zero-order valence-electron chi connectivity index (χ0n) is 6.30. The predicted octanol–water partition coefficient (Wildman–Crippen LogP) is 1.85. The molecule has 1 aliphatic rings. The summed E-state index contributed by atoms with van der Waals surface area (Å²) in [6, 6.07) is 0. The van der Waals surface area contributed by atoms with Gasteiger partial charge in [-0.15, -0.1) is 6.58 Å². The van der Waals surface area contributed by atoms with Gasteiger partial charge < -0.3 is 5.11 Å². The third-order valence-corrected chi connectivity index (χ3v) is 1.89. The van der Waals surface area contributed by atoms with Crippen LogP contribution in [0.3, 0.4) is 0 Å². The summed E-state index contributed by atoms with van der Waals surface area (Å²) in [6.45, 7) is 5.46. The Bertz CT molecular complexity index is 166. The molecule has 0 spiro atoms. The van der Waals surface area contributed by atoms with Gasteiger partial charge in [0.25, 0.3) is 0 Å². The molecule has 1 N–H and O–H groups in total. The Balaban J connectivity index is 2.65. The molecule has 10 heavy (non-hydrogen) atoms. The van der Waals surface area contributed by atoms with Gasteiger partial charge in [0.05, 0.1) is 5.60 Å². The van der Waals surface area contributed by atoms with Crippen LogP contribution in [0, 0.1) is 6.42 Å². The lowest BCUT2D eigenvalue weighted by atomic mass is 9.96. The minimum absolute atomic E-state index is 0.603. The lowest BCUT2D eigenvalue weighted by Crippen LogP contribution is -2.22. The van der Waals surface area contributed by atoms with Crippen LogP contribution in [-0.2, 0) is 0 Å². The van der Waals surface area contributed by atoms with Crippen LogP contribution in [0.5, 0.6) is 0 Å². The molecule has 0 saturated heterocycles. The summed E-state index contributed by atoms with van der Waals surface area (Å²) in [4.78, 5) is 0. The van der Waals surface area contributed by atoms with Gasteiger partial charge in [0.2, 0.25) is 0 Å². The highest BCUT2D eigenvalue weighted by Crippen LogP contribution is 2.31. The van der Waals surface area contributed by atoms with Gasteiger partial charge in [-0.1, -0.05) is 12.2 Å². The highest BCUT2D eigenvalue weighted by Gasteiger charge is 2.28. The van der Waals surface area contributed by atoms with Gasteiger partial charge in [-0.05, 0) is 31.8 Å². The van der Waals surface area contributed by atoms with Gasteiger partial charge in [0.15, 0.2) is 0 Å². The molecule has 1 atom stereocenters. The van der Waals surface area contributed by atoms with E-state index in [-0.39, 0.29) is 0 Å². The van der Waals surface area contributed by atoms with Crippen LogP contribution in [-0.4, -0.2) is 10.7 Å². The van der Waals surface area contributed by atoms with Gasteiger partial charge in [0.1, 0.15) is 0 Å². The van der Waals surface area contributed by atoms with Crippen LogP contribution >= 0.6 is 0 Å².